The zero-order valence-electron chi connectivity index (χ0n) is 9.18. The smallest absolute Gasteiger partial charge is 0.381 e. The van der Waals surface area contributed by atoms with Crippen LogP contribution in [0.4, 0.5) is 13.2 Å². The van der Waals surface area contributed by atoms with E-state index in [0.717, 1.165) is 26.1 Å². The van der Waals surface area contributed by atoms with Gasteiger partial charge in [-0.25, -0.2) is 0 Å². The summed E-state index contributed by atoms with van der Waals surface area (Å²) >= 11 is 0. The van der Waals surface area contributed by atoms with E-state index < -0.39 is 12.7 Å². The van der Waals surface area contributed by atoms with Crippen molar-refractivity contribution in [3.63, 3.8) is 0 Å². The van der Waals surface area contributed by atoms with Gasteiger partial charge in [-0.15, -0.1) is 0 Å². The molecule has 0 radical (unpaired) electrons. The third-order valence-electron chi connectivity index (χ3n) is 2.44. The van der Waals surface area contributed by atoms with Crippen molar-refractivity contribution in [3.8, 4) is 0 Å². The first kappa shape index (κ1) is 13.7. The normalized spacial score (nSPS) is 18.9. The van der Waals surface area contributed by atoms with E-state index in [4.69, 9.17) is 9.47 Å². The molecule has 0 atom stereocenters. The van der Waals surface area contributed by atoms with Gasteiger partial charge in [-0.3, -0.25) is 0 Å². The molecule has 0 amide bonds. The van der Waals surface area contributed by atoms with E-state index in [2.05, 4.69) is 5.32 Å². The molecule has 0 aromatic heterocycles. The van der Waals surface area contributed by atoms with Crippen molar-refractivity contribution < 1.29 is 22.6 Å². The van der Waals surface area contributed by atoms with Gasteiger partial charge in [0.2, 0.25) is 0 Å². The largest absolute Gasteiger partial charge is 0.401 e. The quantitative estimate of drug-likeness (QED) is 0.716. The van der Waals surface area contributed by atoms with Crippen molar-refractivity contribution >= 4 is 0 Å². The molecule has 16 heavy (non-hydrogen) atoms. The molecule has 0 saturated carbocycles. The highest BCUT2D eigenvalue weighted by Crippen LogP contribution is 2.14. The second kappa shape index (κ2) is 7.09. The van der Waals surface area contributed by atoms with Crippen LogP contribution in [0.1, 0.15) is 12.8 Å². The van der Waals surface area contributed by atoms with Crippen LogP contribution in [0.2, 0.25) is 0 Å². The number of hydrogen-bond donors (Lipinski definition) is 1. The van der Waals surface area contributed by atoms with Gasteiger partial charge in [0.05, 0.1) is 13.2 Å². The average molecular weight is 241 g/mol. The zero-order valence-corrected chi connectivity index (χ0v) is 9.18. The number of nitrogens with one attached hydrogen (secondary N) is 1. The number of ether oxygens (including phenoxy) is 2. The molecule has 0 aromatic carbocycles. The lowest BCUT2D eigenvalue weighted by Crippen LogP contribution is -2.31. The fourth-order valence-corrected chi connectivity index (χ4v) is 1.54. The minimum Gasteiger partial charge on any atom is -0.381 e. The second-order valence-electron chi connectivity index (χ2n) is 3.92. The Hall–Kier alpha value is -0.330. The van der Waals surface area contributed by atoms with Crippen molar-refractivity contribution in [2.75, 3.05) is 39.5 Å². The van der Waals surface area contributed by atoms with Crippen molar-refractivity contribution in [3.05, 3.63) is 0 Å². The SMILES string of the molecule is FC(F)(F)CNCCOCC1CCOCC1. The lowest BCUT2D eigenvalue weighted by molar-refractivity contribution is -0.125. The molecule has 1 saturated heterocycles. The van der Waals surface area contributed by atoms with E-state index >= 15 is 0 Å². The Bertz CT molecular complexity index is 181. The molecule has 6 heteroatoms. The highest BCUT2D eigenvalue weighted by atomic mass is 19.4. The topological polar surface area (TPSA) is 30.5 Å². The molecule has 0 aromatic rings. The summed E-state index contributed by atoms with van der Waals surface area (Å²) in [4.78, 5) is 0. The summed E-state index contributed by atoms with van der Waals surface area (Å²) in [6.45, 7) is 1.77. The minimum atomic E-state index is -4.14. The molecule has 0 spiro atoms. The molecule has 0 aliphatic carbocycles. The Morgan fingerprint density at radius 1 is 1.25 bits per heavy atom. The maximum atomic E-state index is 11.7. The molecule has 1 heterocycles. The van der Waals surface area contributed by atoms with Gasteiger partial charge in [0, 0.05) is 26.4 Å². The van der Waals surface area contributed by atoms with Gasteiger partial charge in [-0.2, -0.15) is 13.2 Å². The van der Waals surface area contributed by atoms with Crippen molar-refractivity contribution in [2.24, 2.45) is 5.92 Å². The number of alkyl halides is 3. The molecule has 1 fully saturated rings. The van der Waals surface area contributed by atoms with Gasteiger partial charge < -0.3 is 14.8 Å². The standard InChI is InChI=1S/C10H18F3NO2/c11-10(12,13)8-14-3-6-16-7-9-1-4-15-5-2-9/h9,14H,1-8H2. The molecule has 3 nitrogen and oxygen atoms in total. The molecule has 1 rings (SSSR count). The van der Waals surface area contributed by atoms with Crippen LogP contribution in [0, 0.1) is 5.92 Å². The Morgan fingerprint density at radius 2 is 1.94 bits per heavy atom. The highest BCUT2D eigenvalue weighted by molar-refractivity contribution is 4.62. The average Bonchev–Trinajstić information content (AvgIpc) is 2.23. The Balaban J connectivity index is 1.87. The van der Waals surface area contributed by atoms with Crippen LogP contribution >= 0.6 is 0 Å². The van der Waals surface area contributed by atoms with Crippen LogP contribution in [0.25, 0.3) is 0 Å². The van der Waals surface area contributed by atoms with Gasteiger partial charge in [0.25, 0.3) is 0 Å². The van der Waals surface area contributed by atoms with Crippen LogP contribution in [0.5, 0.6) is 0 Å². The molecular weight excluding hydrogens is 223 g/mol. The van der Waals surface area contributed by atoms with E-state index in [-0.39, 0.29) is 6.54 Å². The summed E-state index contributed by atoms with van der Waals surface area (Å²) in [6.07, 6.45) is -2.17. The van der Waals surface area contributed by atoms with Gasteiger partial charge in [0.1, 0.15) is 0 Å². The monoisotopic (exact) mass is 241 g/mol. The van der Waals surface area contributed by atoms with Crippen LogP contribution in [0.15, 0.2) is 0 Å². The van der Waals surface area contributed by atoms with Crippen LogP contribution < -0.4 is 5.32 Å². The fourth-order valence-electron chi connectivity index (χ4n) is 1.54. The van der Waals surface area contributed by atoms with Gasteiger partial charge in [-0.1, -0.05) is 0 Å². The molecule has 96 valence electrons. The van der Waals surface area contributed by atoms with E-state index in [1.54, 1.807) is 0 Å². The van der Waals surface area contributed by atoms with E-state index in [0.29, 0.717) is 19.1 Å². The van der Waals surface area contributed by atoms with Gasteiger partial charge >= 0.3 is 6.18 Å². The molecule has 1 aliphatic heterocycles. The molecule has 0 unspecified atom stereocenters. The Morgan fingerprint density at radius 3 is 2.56 bits per heavy atom. The van der Waals surface area contributed by atoms with Gasteiger partial charge in [0.15, 0.2) is 0 Å². The number of halogens is 3. The third kappa shape index (κ3) is 7.03. The van der Waals surface area contributed by atoms with Crippen molar-refractivity contribution in [1.82, 2.24) is 5.32 Å². The highest BCUT2D eigenvalue weighted by Gasteiger charge is 2.25. The predicted octanol–water partition coefficient (Wildman–Crippen LogP) is 1.58. The van der Waals surface area contributed by atoms with Crippen LogP contribution in [0.3, 0.4) is 0 Å². The lowest BCUT2D eigenvalue weighted by atomic mass is 10.0. The van der Waals surface area contributed by atoms with Crippen LogP contribution in [-0.2, 0) is 9.47 Å². The molecular formula is C10H18F3NO2. The second-order valence-corrected chi connectivity index (χ2v) is 3.92. The summed E-state index contributed by atoms with van der Waals surface area (Å²) in [7, 11) is 0. The number of hydrogen-bond acceptors (Lipinski definition) is 3. The van der Waals surface area contributed by atoms with Gasteiger partial charge in [-0.05, 0) is 18.8 Å². The first-order chi connectivity index (χ1) is 7.58. The summed E-state index contributed by atoms with van der Waals surface area (Å²) in [5.41, 5.74) is 0. The summed E-state index contributed by atoms with van der Waals surface area (Å²) < 4.78 is 45.7. The molecule has 1 N–H and O–H groups in total. The van der Waals surface area contributed by atoms with Crippen LogP contribution in [-0.4, -0.2) is 45.7 Å². The Kier molecular flexibility index (Phi) is 6.08. The van der Waals surface area contributed by atoms with E-state index in [1.165, 1.54) is 0 Å². The van der Waals surface area contributed by atoms with Crippen molar-refractivity contribution in [2.45, 2.75) is 19.0 Å². The summed E-state index contributed by atoms with van der Waals surface area (Å²) in [5, 5.41) is 2.29. The predicted molar refractivity (Wildman–Crippen MR) is 53.3 cm³/mol. The number of rotatable bonds is 6. The van der Waals surface area contributed by atoms with Crippen molar-refractivity contribution in [1.29, 1.82) is 0 Å². The van der Waals surface area contributed by atoms with E-state index in [9.17, 15) is 13.2 Å². The van der Waals surface area contributed by atoms with E-state index in [1.807, 2.05) is 0 Å². The fraction of sp³-hybridized carbons (Fsp3) is 1.00. The lowest BCUT2D eigenvalue weighted by Gasteiger charge is -2.21. The zero-order chi connectivity index (χ0) is 11.9. The first-order valence-corrected chi connectivity index (χ1v) is 5.51. The molecule has 1 aliphatic rings. The Labute approximate surface area is 93.3 Å². The molecule has 0 bridgehead atoms. The third-order valence-corrected chi connectivity index (χ3v) is 2.44. The minimum absolute atomic E-state index is 0.239. The summed E-state index contributed by atoms with van der Waals surface area (Å²) in [5.74, 6) is 0.497. The first-order valence-electron chi connectivity index (χ1n) is 5.51. The maximum Gasteiger partial charge on any atom is 0.401 e. The maximum absolute atomic E-state index is 11.7. The summed E-state index contributed by atoms with van der Waals surface area (Å²) in [6, 6.07) is 0.